The fourth-order valence-electron chi connectivity index (χ4n) is 5.17. The Labute approximate surface area is 191 Å². The van der Waals surface area contributed by atoms with Crippen molar-refractivity contribution in [3.63, 3.8) is 0 Å². The van der Waals surface area contributed by atoms with Crippen LogP contribution in [-0.4, -0.2) is 44.8 Å². The summed E-state index contributed by atoms with van der Waals surface area (Å²) < 4.78 is 6.99. The first kappa shape index (κ1) is 25.3. The van der Waals surface area contributed by atoms with Gasteiger partial charge in [0.05, 0.1) is 40.2 Å². The summed E-state index contributed by atoms with van der Waals surface area (Å²) in [6, 6.07) is 5.11. The average Bonchev–Trinajstić information content (AvgIpc) is 2.67. The molecule has 1 amide bonds. The number of carbonyl (C=O) groups is 1. The largest absolute Gasteiger partial charge is 0.465 e. The Kier molecular flexibility index (Phi) is 8.25. The van der Waals surface area contributed by atoms with Gasteiger partial charge in [-0.05, 0) is 35.2 Å². The second-order valence-corrected chi connectivity index (χ2v) is 15.1. The molecular weight excluding hydrogens is 432 g/mol. The van der Waals surface area contributed by atoms with Crippen molar-refractivity contribution in [1.29, 1.82) is 5.26 Å². The number of nitrogens with one attached hydrogen (secondary N) is 1. The maximum absolute atomic E-state index is 11.5. The predicted octanol–water partition coefficient (Wildman–Crippen LogP) is 5.20. The van der Waals surface area contributed by atoms with Crippen molar-refractivity contribution < 1.29 is 14.3 Å². The molecule has 7 nitrogen and oxygen atoms in total. The number of benzene rings is 1. The average molecular weight is 467 g/mol. The van der Waals surface area contributed by atoms with Gasteiger partial charge in [0.2, 0.25) is 8.32 Å². The lowest BCUT2D eigenvalue weighted by atomic mass is 10.0. The Bertz CT molecular complexity index is 819. The quantitative estimate of drug-likeness (QED) is 0.376. The molecule has 2 unspecified atom stereocenters. The van der Waals surface area contributed by atoms with Crippen molar-refractivity contribution in [1.82, 2.24) is 5.32 Å². The molecule has 2 atom stereocenters. The van der Waals surface area contributed by atoms with Gasteiger partial charge in [-0.3, -0.25) is 0 Å². The van der Waals surface area contributed by atoms with Crippen LogP contribution in [0.5, 0.6) is 0 Å². The van der Waals surface area contributed by atoms with E-state index in [1.807, 2.05) is 0 Å². The minimum atomic E-state index is -2.25. The van der Waals surface area contributed by atoms with E-state index in [1.165, 1.54) is 0 Å². The van der Waals surface area contributed by atoms with E-state index < -0.39 is 14.4 Å². The highest BCUT2D eigenvalue weighted by molar-refractivity contribution is 6.77. The van der Waals surface area contributed by atoms with E-state index in [2.05, 4.69) is 57.8 Å². The molecule has 0 aliphatic carbocycles. The predicted molar refractivity (Wildman–Crippen MR) is 128 cm³/mol. The number of nitrogens with zero attached hydrogens (tertiary/aromatic N) is 2. The molecule has 2 rings (SSSR count). The molecule has 1 aliphatic rings. The van der Waals surface area contributed by atoms with Gasteiger partial charge < -0.3 is 25.5 Å². The van der Waals surface area contributed by atoms with Crippen molar-refractivity contribution >= 4 is 37.4 Å². The normalized spacial score (nSPS) is 19.7. The number of nitrogens with two attached hydrogens (primary N) is 1. The maximum atomic E-state index is 11.5. The summed E-state index contributed by atoms with van der Waals surface area (Å²) in [4.78, 5) is 13.5. The van der Waals surface area contributed by atoms with Crippen LogP contribution in [0.3, 0.4) is 0 Å². The zero-order valence-electron chi connectivity index (χ0n) is 19.3. The van der Waals surface area contributed by atoms with Crippen LogP contribution < -0.4 is 16.0 Å². The Balaban J connectivity index is 2.45. The van der Waals surface area contributed by atoms with E-state index in [0.717, 1.165) is 0 Å². The van der Waals surface area contributed by atoms with Crippen LogP contribution in [0.25, 0.3) is 0 Å². The third kappa shape index (κ3) is 5.28. The van der Waals surface area contributed by atoms with E-state index >= 15 is 0 Å². The zero-order chi connectivity index (χ0) is 23.5. The first-order valence-electron chi connectivity index (χ1n) is 10.8. The molecular formula is C22H35ClN4O3Si. The summed E-state index contributed by atoms with van der Waals surface area (Å²) in [7, 11) is -2.25. The first-order chi connectivity index (χ1) is 14.4. The summed E-state index contributed by atoms with van der Waals surface area (Å²) in [6.07, 6.45) is -0.804. The second-order valence-electron chi connectivity index (χ2n) is 9.28. The number of nitriles is 1. The molecule has 31 heavy (non-hydrogen) atoms. The van der Waals surface area contributed by atoms with E-state index in [9.17, 15) is 15.2 Å². The molecule has 1 aromatic rings. The highest BCUT2D eigenvalue weighted by Gasteiger charge is 2.48. The van der Waals surface area contributed by atoms with Gasteiger partial charge in [-0.1, -0.05) is 53.1 Å². The van der Waals surface area contributed by atoms with Crippen LogP contribution in [-0.2, 0) is 4.43 Å². The van der Waals surface area contributed by atoms with E-state index in [0.29, 0.717) is 58.1 Å². The lowest BCUT2D eigenvalue weighted by Crippen LogP contribution is -2.61. The number of halogens is 1. The standard InChI is InChI=1S/C22H35ClN4O3Si/c1-13(2)31(14(3)4,15(5)6)30-20-12-27(8-7-18(20)26-22(28)29)19-10-16(11-24)9-17(25)21(19)23/h9-10,13-15,18,20,26H,7-8,12,25H2,1-6H3,(H,28,29). The first-order valence-corrected chi connectivity index (χ1v) is 13.4. The molecule has 1 heterocycles. The summed E-state index contributed by atoms with van der Waals surface area (Å²) >= 11 is 6.49. The molecule has 0 aromatic heterocycles. The SMILES string of the molecule is CC(C)[Si](OC1CN(c2cc(C#N)cc(N)c2Cl)CCC1NC(=O)O)(C(C)C)C(C)C. The highest BCUT2D eigenvalue weighted by Crippen LogP contribution is 2.44. The topological polar surface area (TPSA) is 112 Å². The number of hydrogen-bond donors (Lipinski definition) is 3. The fourth-order valence-corrected chi connectivity index (χ4v) is 11.0. The van der Waals surface area contributed by atoms with Gasteiger partial charge in [-0.25, -0.2) is 4.79 Å². The molecule has 0 bridgehead atoms. The van der Waals surface area contributed by atoms with E-state index in [-0.39, 0.29) is 12.1 Å². The van der Waals surface area contributed by atoms with Gasteiger partial charge in [-0.2, -0.15) is 5.26 Å². The number of amides is 1. The molecule has 4 N–H and O–H groups in total. The molecule has 1 aliphatic heterocycles. The van der Waals surface area contributed by atoms with Crippen LogP contribution in [0.1, 0.15) is 53.5 Å². The van der Waals surface area contributed by atoms with Crippen LogP contribution in [0.4, 0.5) is 16.2 Å². The van der Waals surface area contributed by atoms with Crippen molar-refractivity contribution in [2.45, 2.75) is 76.7 Å². The van der Waals surface area contributed by atoms with Gasteiger partial charge in [0.25, 0.3) is 0 Å². The molecule has 1 aromatic carbocycles. The Hall–Kier alpha value is -1.95. The molecule has 0 saturated carbocycles. The fraction of sp³-hybridized carbons (Fsp3) is 0.636. The van der Waals surface area contributed by atoms with Gasteiger partial charge in [-0.15, -0.1) is 0 Å². The van der Waals surface area contributed by atoms with Crippen LogP contribution >= 0.6 is 11.6 Å². The number of anilines is 2. The van der Waals surface area contributed by atoms with Gasteiger partial charge in [0.1, 0.15) is 0 Å². The van der Waals surface area contributed by atoms with Crippen LogP contribution in [0.2, 0.25) is 21.6 Å². The molecule has 1 saturated heterocycles. The third-order valence-electron chi connectivity index (χ3n) is 6.48. The number of piperidine rings is 1. The number of carboxylic acid groups (broad SMARTS) is 1. The lowest BCUT2D eigenvalue weighted by molar-refractivity contribution is 0.111. The molecule has 9 heteroatoms. The van der Waals surface area contributed by atoms with E-state index in [1.54, 1.807) is 12.1 Å². The van der Waals surface area contributed by atoms with Gasteiger partial charge in [0.15, 0.2) is 0 Å². The van der Waals surface area contributed by atoms with Crippen LogP contribution in [0.15, 0.2) is 12.1 Å². The van der Waals surface area contributed by atoms with Crippen molar-refractivity contribution in [3.05, 3.63) is 22.7 Å². The van der Waals surface area contributed by atoms with Crippen molar-refractivity contribution in [2.75, 3.05) is 23.7 Å². The third-order valence-corrected chi connectivity index (χ3v) is 13.0. The summed E-state index contributed by atoms with van der Waals surface area (Å²) in [6.45, 7) is 14.3. The summed E-state index contributed by atoms with van der Waals surface area (Å²) in [5.41, 5.74) is 8.62. The number of nitrogen functional groups attached to an aromatic ring is 1. The summed E-state index contributed by atoms with van der Waals surface area (Å²) in [5, 5.41) is 21.8. The molecule has 0 radical (unpaired) electrons. The second kappa shape index (κ2) is 10.1. The van der Waals surface area contributed by atoms with E-state index in [4.69, 9.17) is 21.8 Å². The highest BCUT2D eigenvalue weighted by atomic mass is 35.5. The van der Waals surface area contributed by atoms with Gasteiger partial charge >= 0.3 is 6.09 Å². The van der Waals surface area contributed by atoms with Crippen molar-refractivity contribution in [2.24, 2.45) is 0 Å². The Morgan fingerprint density at radius 3 is 2.35 bits per heavy atom. The molecule has 172 valence electrons. The smallest absolute Gasteiger partial charge is 0.404 e. The number of hydrogen-bond acceptors (Lipinski definition) is 5. The summed E-state index contributed by atoms with van der Waals surface area (Å²) in [5.74, 6) is 0. The molecule has 0 spiro atoms. The van der Waals surface area contributed by atoms with Crippen LogP contribution in [0, 0.1) is 11.3 Å². The van der Waals surface area contributed by atoms with Crippen molar-refractivity contribution in [3.8, 4) is 6.07 Å². The Morgan fingerprint density at radius 2 is 1.87 bits per heavy atom. The van der Waals surface area contributed by atoms with Gasteiger partial charge in [0, 0.05) is 13.1 Å². The maximum Gasteiger partial charge on any atom is 0.404 e. The minimum Gasteiger partial charge on any atom is -0.465 e. The Morgan fingerprint density at radius 1 is 1.29 bits per heavy atom. The number of rotatable bonds is 7. The minimum absolute atomic E-state index is 0.313. The lowest BCUT2D eigenvalue weighted by Gasteiger charge is -2.49. The molecule has 1 fully saturated rings. The zero-order valence-corrected chi connectivity index (χ0v) is 21.0. The monoisotopic (exact) mass is 466 g/mol.